The highest BCUT2D eigenvalue weighted by Crippen LogP contribution is 2.35. The Bertz CT molecular complexity index is 294. The summed E-state index contributed by atoms with van der Waals surface area (Å²) in [4.78, 5) is 9.49. The smallest absolute Gasteiger partial charge is 0.169 e. The Morgan fingerprint density at radius 2 is 2.07 bits per heavy atom. The quantitative estimate of drug-likeness (QED) is 0.820. The van der Waals surface area contributed by atoms with Crippen LogP contribution in [0.15, 0.2) is 28.7 Å². The summed E-state index contributed by atoms with van der Waals surface area (Å²) in [7, 11) is -1.39. The van der Waals surface area contributed by atoms with Gasteiger partial charge in [0.25, 0.3) is 0 Å². The highest BCUT2D eigenvalue weighted by Gasteiger charge is 2.12. The molecular weight excluding hydrogens is 277 g/mol. The van der Waals surface area contributed by atoms with E-state index in [-0.39, 0.29) is 6.04 Å². The van der Waals surface area contributed by atoms with Gasteiger partial charge in [-0.15, -0.1) is 0 Å². The number of halogens is 1. The van der Waals surface area contributed by atoms with Crippen LogP contribution in [0.3, 0.4) is 0 Å². The molecule has 0 spiro atoms. The van der Waals surface area contributed by atoms with E-state index in [0.717, 1.165) is 10.0 Å². The minimum atomic E-state index is -1.39. The van der Waals surface area contributed by atoms with Crippen molar-refractivity contribution in [1.29, 1.82) is 0 Å². The molecular formula is C10H15BrNO2P. The fraction of sp³-hybridized carbons (Fsp3) is 0.400. The van der Waals surface area contributed by atoms with E-state index >= 15 is 0 Å². The van der Waals surface area contributed by atoms with Crippen LogP contribution in [-0.4, -0.2) is 17.7 Å². The summed E-state index contributed by atoms with van der Waals surface area (Å²) in [6.45, 7) is 2.38. The average Bonchev–Trinajstić information content (AvgIpc) is 2.18. The predicted octanol–water partition coefficient (Wildman–Crippen LogP) is 2.79. The lowest BCUT2D eigenvalue weighted by atomic mass is 10.1. The highest BCUT2D eigenvalue weighted by molar-refractivity contribution is 9.10. The second-order valence-electron chi connectivity index (χ2n) is 3.11. The van der Waals surface area contributed by atoms with Crippen molar-refractivity contribution in [1.82, 2.24) is 0 Å². The van der Waals surface area contributed by atoms with Gasteiger partial charge in [0.1, 0.15) is 0 Å². The van der Waals surface area contributed by atoms with Crippen LogP contribution in [-0.2, 0) is 4.52 Å². The van der Waals surface area contributed by atoms with Crippen LogP contribution in [0.1, 0.15) is 18.5 Å². The molecule has 3 N–H and O–H groups in total. The predicted molar refractivity (Wildman–Crippen MR) is 66.7 cm³/mol. The molecule has 0 saturated heterocycles. The lowest BCUT2D eigenvalue weighted by Crippen LogP contribution is -2.14. The van der Waals surface area contributed by atoms with Gasteiger partial charge in [-0.2, -0.15) is 0 Å². The molecule has 3 nitrogen and oxygen atoms in total. The van der Waals surface area contributed by atoms with Gasteiger partial charge in [-0.1, -0.05) is 28.1 Å². The third-order valence-corrected chi connectivity index (χ3v) is 3.72. The van der Waals surface area contributed by atoms with E-state index in [2.05, 4.69) is 15.9 Å². The molecule has 5 heteroatoms. The monoisotopic (exact) mass is 291 g/mol. The zero-order valence-corrected chi connectivity index (χ0v) is 11.0. The van der Waals surface area contributed by atoms with E-state index in [4.69, 9.17) is 10.3 Å². The Labute approximate surface area is 99.7 Å². The molecule has 0 aromatic heterocycles. The maximum absolute atomic E-state index is 9.49. The second-order valence-corrected chi connectivity index (χ2v) is 5.35. The molecule has 84 valence electrons. The average molecular weight is 292 g/mol. The van der Waals surface area contributed by atoms with Crippen LogP contribution in [0.5, 0.6) is 0 Å². The first-order valence-electron chi connectivity index (χ1n) is 4.74. The first-order valence-corrected chi connectivity index (χ1v) is 6.93. The van der Waals surface area contributed by atoms with Gasteiger partial charge in [0.05, 0.1) is 6.61 Å². The maximum atomic E-state index is 9.49. The lowest BCUT2D eigenvalue weighted by Gasteiger charge is -2.15. The van der Waals surface area contributed by atoms with Crippen molar-refractivity contribution in [3.63, 3.8) is 0 Å². The molecule has 0 unspecified atom stereocenters. The Hall–Kier alpha value is 0.0100. The Morgan fingerprint density at radius 1 is 1.47 bits per heavy atom. The van der Waals surface area contributed by atoms with Crippen molar-refractivity contribution in [2.24, 2.45) is 5.73 Å². The third-order valence-electron chi connectivity index (χ3n) is 1.93. The molecule has 0 aliphatic heterocycles. The SMILES string of the molecule is CCO[P@](O)C[C@H](N)c1ccc(Br)cc1. The van der Waals surface area contributed by atoms with Gasteiger partial charge in [-0.05, 0) is 24.6 Å². The molecule has 1 rings (SSSR count). The van der Waals surface area contributed by atoms with E-state index in [1.807, 2.05) is 31.2 Å². The van der Waals surface area contributed by atoms with E-state index < -0.39 is 8.38 Å². The summed E-state index contributed by atoms with van der Waals surface area (Å²) in [5, 5.41) is 0. The fourth-order valence-corrected chi connectivity index (χ4v) is 2.40. The van der Waals surface area contributed by atoms with Gasteiger partial charge in [-0.25, -0.2) is 0 Å². The Kier molecular flexibility index (Phi) is 5.72. The highest BCUT2D eigenvalue weighted by atomic mass is 79.9. The minimum Gasteiger partial charge on any atom is -0.350 e. The first kappa shape index (κ1) is 13.1. The molecule has 0 fully saturated rings. The number of hydrogen-bond acceptors (Lipinski definition) is 3. The van der Waals surface area contributed by atoms with Gasteiger partial charge in [0.15, 0.2) is 8.38 Å². The zero-order chi connectivity index (χ0) is 11.3. The third kappa shape index (κ3) is 4.58. The normalized spacial score (nSPS) is 14.9. The second kappa shape index (κ2) is 6.56. The van der Waals surface area contributed by atoms with Gasteiger partial charge in [0, 0.05) is 16.7 Å². The van der Waals surface area contributed by atoms with Crippen molar-refractivity contribution in [2.75, 3.05) is 12.8 Å². The van der Waals surface area contributed by atoms with Crippen molar-refractivity contribution in [3.05, 3.63) is 34.3 Å². The van der Waals surface area contributed by atoms with E-state index in [0.29, 0.717) is 12.8 Å². The standard InChI is InChI=1S/C10H15BrNO2P/c1-2-14-15(13)7-10(12)8-3-5-9(11)6-4-8/h3-6,10,13H,2,7,12H2,1H3/t10-,15-/m0/s1. The molecule has 1 aromatic carbocycles. The van der Waals surface area contributed by atoms with Crippen molar-refractivity contribution in [3.8, 4) is 0 Å². The fourth-order valence-electron chi connectivity index (χ4n) is 1.19. The summed E-state index contributed by atoms with van der Waals surface area (Å²) >= 11 is 3.36. The lowest BCUT2D eigenvalue weighted by molar-refractivity contribution is 0.327. The molecule has 0 bridgehead atoms. The molecule has 0 amide bonds. The number of hydrogen-bond donors (Lipinski definition) is 2. The van der Waals surface area contributed by atoms with E-state index in [9.17, 15) is 4.89 Å². The van der Waals surface area contributed by atoms with Gasteiger partial charge in [-0.3, -0.25) is 0 Å². The van der Waals surface area contributed by atoms with Crippen molar-refractivity contribution < 1.29 is 9.42 Å². The van der Waals surface area contributed by atoms with Crippen LogP contribution in [0.4, 0.5) is 0 Å². The van der Waals surface area contributed by atoms with Gasteiger partial charge in [0.2, 0.25) is 0 Å². The topological polar surface area (TPSA) is 55.5 Å². The van der Waals surface area contributed by atoms with E-state index in [1.54, 1.807) is 0 Å². The van der Waals surface area contributed by atoms with Gasteiger partial charge < -0.3 is 15.2 Å². The largest absolute Gasteiger partial charge is 0.350 e. The molecule has 0 radical (unpaired) electrons. The molecule has 15 heavy (non-hydrogen) atoms. The van der Waals surface area contributed by atoms with Crippen LogP contribution < -0.4 is 5.73 Å². The summed E-state index contributed by atoms with van der Waals surface area (Å²) in [5.41, 5.74) is 6.95. The molecule has 1 aromatic rings. The number of nitrogens with two attached hydrogens (primary N) is 1. The van der Waals surface area contributed by atoms with Crippen LogP contribution in [0.25, 0.3) is 0 Å². The van der Waals surface area contributed by atoms with Crippen LogP contribution in [0.2, 0.25) is 0 Å². The summed E-state index contributed by atoms with van der Waals surface area (Å²) in [6.07, 6.45) is 0.477. The Balaban J connectivity index is 2.53. The number of rotatable bonds is 5. The molecule has 2 atom stereocenters. The summed E-state index contributed by atoms with van der Waals surface area (Å²) in [6, 6.07) is 7.61. The van der Waals surface area contributed by atoms with Crippen LogP contribution >= 0.6 is 24.3 Å². The van der Waals surface area contributed by atoms with Crippen LogP contribution in [0, 0.1) is 0 Å². The first-order chi connectivity index (χ1) is 7.13. The van der Waals surface area contributed by atoms with Crippen molar-refractivity contribution >= 4 is 24.3 Å². The number of benzene rings is 1. The van der Waals surface area contributed by atoms with Gasteiger partial charge >= 0.3 is 0 Å². The molecule has 0 saturated carbocycles. The summed E-state index contributed by atoms with van der Waals surface area (Å²) in [5.74, 6) is 0. The molecule has 0 heterocycles. The Morgan fingerprint density at radius 3 is 2.60 bits per heavy atom. The molecule has 0 aliphatic rings. The maximum Gasteiger partial charge on any atom is 0.169 e. The minimum absolute atomic E-state index is 0.166. The summed E-state index contributed by atoms with van der Waals surface area (Å²) < 4.78 is 6.11. The van der Waals surface area contributed by atoms with E-state index in [1.165, 1.54) is 0 Å². The zero-order valence-electron chi connectivity index (χ0n) is 8.56. The van der Waals surface area contributed by atoms with Crippen molar-refractivity contribution in [2.45, 2.75) is 13.0 Å². The molecule has 0 aliphatic carbocycles.